The van der Waals surface area contributed by atoms with Gasteiger partial charge in [-0.2, -0.15) is 0 Å². The number of carbonyl (C=O) groups is 4. The van der Waals surface area contributed by atoms with E-state index in [4.69, 9.17) is 4.98 Å². The van der Waals surface area contributed by atoms with Gasteiger partial charge in [0.15, 0.2) is 5.78 Å². The van der Waals surface area contributed by atoms with Crippen molar-refractivity contribution in [2.75, 3.05) is 31.1 Å². The second-order valence-corrected chi connectivity index (χ2v) is 10.8. The van der Waals surface area contributed by atoms with Crippen LogP contribution in [-0.2, 0) is 14.4 Å². The molecule has 1 aromatic carbocycles. The number of hydrogen-bond acceptors (Lipinski definition) is 8. The lowest BCUT2D eigenvalue weighted by molar-refractivity contribution is -0.131. The van der Waals surface area contributed by atoms with Crippen molar-refractivity contribution in [2.24, 2.45) is 0 Å². The molecule has 5 rings (SSSR count). The molecule has 40 heavy (non-hydrogen) atoms. The number of piperazine rings is 1. The zero-order valence-corrected chi connectivity index (χ0v) is 23.0. The number of nitrogens with zero attached hydrogens (tertiary/aromatic N) is 4. The van der Waals surface area contributed by atoms with E-state index in [2.05, 4.69) is 21.8 Å². The predicted molar refractivity (Wildman–Crippen MR) is 157 cm³/mol. The summed E-state index contributed by atoms with van der Waals surface area (Å²) >= 11 is 0.891. The molecule has 2 saturated heterocycles. The number of benzene rings is 1. The highest BCUT2D eigenvalue weighted by Gasteiger charge is 2.25. The summed E-state index contributed by atoms with van der Waals surface area (Å²) in [4.78, 5) is 61.3. The second-order valence-electron chi connectivity index (χ2n) is 9.82. The van der Waals surface area contributed by atoms with Crippen LogP contribution in [0.15, 0.2) is 65.8 Å². The number of amides is 3. The summed E-state index contributed by atoms with van der Waals surface area (Å²) in [6.07, 6.45) is 6.58. The fourth-order valence-corrected chi connectivity index (χ4v) is 5.45. The normalized spacial score (nSPS) is 16.5. The molecule has 3 amide bonds. The Hall–Kier alpha value is -4.31. The SMILES string of the molecule is C=C(C)C(=O)CCCC(=O)N1CCN(c2ccc(-c3ccnc4ccc(/C=C5\SC(=O)NC5=O)cc34)cn2)CC1. The number of allylic oxidation sites excluding steroid dienone is 1. The molecule has 2 aliphatic heterocycles. The van der Waals surface area contributed by atoms with Crippen molar-refractivity contribution in [2.45, 2.75) is 26.2 Å². The first-order valence-electron chi connectivity index (χ1n) is 13.1. The van der Waals surface area contributed by atoms with Crippen LogP contribution in [0.5, 0.6) is 0 Å². The van der Waals surface area contributed by atoms with Gasteiger partial charge in [0.2, 0.25) is 5.91 Å². The van der Waals surface area contributed by atoms with Gasteiger partial charge in [-0.3, -0.25) is 29.5 Å². The topological polar surface area (TPSA) is 113 Å². The first kappa shape index (κ1) is 27.3. The molecule has 2 aliphatic rings. The number of aromatic nitrogens is 2. The highest BCUT2D eigenvalue weighted by molar-refractivity contribution is 8.18. The van der Waals surface area contributed by atoms with Crippen molar-refractivity contribution < 1.29 is 19.2 Å². The van der Waals surface area contributed by atoms with Crippen molar-refractivity contribution in [3.05, 3.63) is 71.4 Å². The number of thioether (sulfide) groups is 1. The maximum atomic E-state index is 12.6. The van der Waals surface area contributed by atoms with Crippen molar-refractivity contribution in [1.82, 2.24) is 20.2 Å². The van der Waals surface area contributed by atoms with Crippen LogP contribution < -0.4 is 10.2 Å². The van der Waals surface area contributed by atoms with Gasteiger partial charge >= 0.3 is 0 Å². The van der Waals surface area contributed by atoms with Gasteiger partial charge < -0.3 is 9.80 Å². The number of anilines is 1. The van der Waals surface area contributed by atoms with Gasteiger partial charge in [-0.1, -0.05) is 12.6 Å². The van der Waals surface area contributed by atoms with Crippen LogP contribution in [0.1, 0.15) is 31.7 Å². The first-order valence-corrected chi connectivity index (χ1v) is 13.9. The smallest absolute Gasteiger partial charge is 0.290 e. The standard InChI is InChI=1S/C30H29N5O4S/c1-19(2)25(36)4-3-5-28(37)35-14-12-34(13-15-35)27-9-7-21(18-32-27)22-10-11-31-24-8-6-20(16-23(22)24)17-26-29(38)33-30(39)40-26/h6-11,16-18H,1,3-5,12-15H2,2H3,(H,33,38,39)/b26-17-. The van der Waals surface area contributed by atoms with E-state index >= 15 is 0 Å². The fraction of sp³-hybridized carbons (Fsp3) is 0.267. The fourth-order valence-electron chi connectivity index (χ4n) is 4.77. The zero-order valence-electron chi connectivity index (χ0n) is 22.2. The molecular weight excluding hydrogens is 526 g/mol. The Labute approximate surface area is 236 Å². The summed E-state index contributed by atoms with van der Waals surface area (Å²) in [6, 6.07) is 11.7. The van der Waals surface area contributed by atoms with Gasteiger partial charge in [0.1, 0.15) is 5.82 Å². The number of rotatable bonds is 8. The number of hydrogen-bond donors (Lipinski definition) is 1. The molecule has 1 N–H and O–H groups in total. The maximum Gasteiger partial charge on any atom is 0.290 e. The summed E-state index contributed by atoms with van der Waals surface area (Å²) in [5.41, 5.74) is 4.04. The molecule has 9 nitrogen and oxygen atoms in total. The van der Waals surface area contributed by atoms with Crippen molar-refractivity contribution in [1.29, 1.82) is 0 Å². The van der Waals surface area contributed by atoms with E-state index in [1.54, 1.807) is 19.2 Å². The predicted octanol–water partition coefficient (Wildman–Crippen LogP) is 4.58. The number of Topliss-reactive ketones (excluding diaryl/α,β-unsaturated/α-hetero) is 1. The quantitative estimate of drug-likeness (QED) is 0.402. The van der Waals surface area contributed by atoms with E-state index in [1.807, 2.05) is 47.5 Å². The molecule has 0 atom stereocenters. The lowest BCUT2D eigenvalue weighted by Crippen LogP contribution is -2.49. The summed E-state index contributed by atoms with van der Waals surface area (Å²) in [5, 5.41) is 2.82. The van der Waals surface area contributed by atoms with E-state index in [1.165, 1.54) is 0 Å². The van der Waals surface area contributed by atoms with Crippen LogP contribution in [0.3, 0.4) is 0 Å². The van der Waals surface area contributed by atoms with Crippen molar-refractivity contribution in [3.8, 4) is 11.1 Å². The molecule has 3 aromatic rings. The van der Waals surface area contributed by atoms with Crippen LogP contribution >= 0.6 is 11.8 Å². The van der Waals surface area contributed by atoms with E-state index in [0.717, 1.165) is 45.2 Å². The third kappa shape index (κ3) is 6.12. The minimum absolute atomic E-state index is 0.0135. The van der Waals surface area contributed by atoms with E-state index in [9.17, 15) is 19.2 Å². The third-order valence-corrected chi connectivity index (χ3v) is 7.80. The van der Waals surface area contributed by atoms with Crippen LogP contribution in [0.2, 0.25) is 0 Å². The van der Waals surface area contributed by atoms with E-state index in [0.29, 0.717) is 55.9 Å². The molecule has 0 aliphatic carbocycles. The van der Waals surface area contributed by atoms with Gasteiger partial charge in [-0.15, -0.1) is 0 Å². The van der Waals surface area contributed by atoms with Gasteiger partial charge in [0.25, 0.3) is 11.1 Å². The molecule has 204 valence electrons. The lowest BCUT2D eigenvalue weighted by atomic mass is 10.0. The highest BCUT2D eigenvalue weighted by Crippen LogP contribution is 2.31. The molecule has 2 fully saturated rings. The molecular formula is C30H29N5O4S. The summed E-state index contributed by atoms with van der Waals surface area (Å²) in [7, 11) is 0. The number of pyridine rings is 2. The lowest BCUT2D eigenvalue weighted by Gasteiger charge is -2.35. The second kappa shape index (κ2) is 11.8. The molecule has 4 heterocycles. The minimum Gasteiger partial charge on any atom is -0.353 e. The number of imide groups is 1. The Bertz CT molecular complexity index is 1540. The first-order chi connectivity index (χ1) is 19.3. The van der Waals surface area contributed by atoms with Crippen LogP contribution in [0, 0.1) is 0 Å². The number of carbonyl (C=O) groups excluding carboxylic acids is 4. The average molecular weight is 556 g/mol. The largest absolute Gasteiger partial charge is 0.353 e. The molecule has 0 radical (unpaired) electrons. The zero-order chi connectivity index (χ0) is 28.2. The Morgan fingerprint density at radius 3 is 2.52 bits per heavy atom. The molecule has 10 heteroatoms. The number of ketones is 1. The third-order valence-electron chi connectivity index (χ3n) is 6.99. The van der Waals surface area contributed by atoms with Gasteiger partial charge in [-0.05, 0) is 78.2 Å². The number of fused-ring (bicyclic) bond motifs is 1. The Balaban J connectivity index is 1.24. The van der Waals surface area contributed by atoms with Crippen LogP contribution in [0.25, 0.3) is 28.1 Å². The Morgan fingerprint density at radius 1 is 1.05 bits per heavy atom. The highest BCUT2D eigenvalue weighted by atomic mass is 32.2. The van der Waals surface area contributed by atoms with Crippen LogP contribution in [0.4, 0.5) is 10.6 Å². The van der Waals surface area contributed by atoms with Crippen molar-refractivity contribution >= 4 is 57.4 Å². The summed E-state index contributed by atoms with van der Waals surface area (Å²) in [6.45, 7) is 7.96. The van der Waals surface area contributed by atoms with Crippen LogP contribution in [-0.4, -0.2) is 63.9 Å². The summed E-state index contributed by atoms with van der Waals surface area (Å²) < 4.78 is 0. The molecule has 0 unspecified atom stereocenters. The van der Waals surface area contributed by atoms with E-state index in [-0.39, 0.29) is 22.8 Å². The molecule has 0 bridgehead atoms. The molecule has 0 saturated carbocycles. The van der Waals surface area contributed by atoms with Gasteiger partial charge in [0, 0.05) is 62.4 Å². The molecule has 0 spiro atoms. The Morgan fingerprint density at radius 2 is 1.85 bits per heavy atom. The monoisotopic (exact) mass is 555 g/mol. The maximum absolute atomic E-state index is 12.6. The Kier molecular flexibility index (Phi) is 8.06. The van der Waals surface area contributed by atoms with Gasteiger partial charge in [-0.25, -0.2) is 4.98 Å². The minimum atomic E-state index is -0.387. The molecule has 2 aromatic heterocycles. The van der Waals surface area contributed by atoms with E-state index < -0.39 is 0 Å². The summed E-state index contributed by atoms with van der Waals surface area (Å²) in [5.74, 6) is 0.553. The number of nitrogens with one attached hydrogen (secondary N) is 1. The van der Waals surface area contributed by atoms with Gasteiger partial charge in [0.05, 0.1) is 10.4 Å². The van der Waals surface area contributed by atoms with Crippen molar-refractivity contribution in [3.63, 3.8) is 0 Å². The average Bonchev–Trinajstić information content (AvgIpc) is 3.28.